The molecule has 1 atom stereocenters. The molecule has 2 aromatic rings. The van der Waals surface area contributed by atoms with Crippen LogP contribution >= 0.6 is 23.4 Å². The normalized spacial score (nSPS) is 21.4. The maximum Gasteiger partial charge on any atom is 0.125 e. The molecule has 3 nitrogen and oxygen atoms in total. The van der Waals surface area contributed by atoms with Gasteiger partial charge in [-0.05, 0) is 12.1 Å². The fraction of sp³-hybridized carbons (Fsp3) is 0.364. The van der Waals surface area contributed by atoms with Crippen LogP contribution in [-0.2, 0) is 0 Å². The molecule has 84 valence electrons. The average molecular weight is 254 g/mol. The highest BCUT2D eigenvalue weighted by atomic mass is 35.5. The largest absolute Gasteiger partial charge is 0.341 e. The molecule has 1 aliphatic heterocycles. The molecule has 1 fully saturated rings. The molecule has 5 heteroatoms. The Kier molecular flexibility index (Phi) is 2.79. The summed E-state index contributed by atoms with van der Waals surface area (Å²) in [6.07, 6.45) is 0. The maximum absolute atomic E-state index is 6.10. The lowest BCUT2D eigenvalue weighted by Crippen LogP contribution is -2.30. The number of benzene rings is 1. The number of hydrogen-bond acceptors (Lipinski definition) is 3. The van der Waals surface area contributed by atoms with E-state index in [0.717, 1.165) is 29.2 Å². The minimum absolute atomic E-state index is 0.321. The lowest BCUT2D eigenvalue weighted by molar-refractivity contribution is 0.571. The van der Waals surface area contributed by atoms with Crippen molar-refractivity contribution in [2.45, 2.75) is 6.04 Å². The zero-order valence-corrected chi connectivity index (χ0v) is 10.2. The van der Waals surface area contributed by atoms with Crippen molar-refractivity contribution in [3.63, 3.8) is 0 Å². The second-order valence-electron chi connectivity index (χ2n) is 3.84. The highest BCUT2D eigenvalue weighted by Gasteiger charge is 2.18. The molecule has 0 amide bonds. The van der Waals surface area contributed by atoms with Crippen molar-refractivity contribution in [2.24, 2.45) is 0 Å². The van der Waals surface area contributed by atoms with Gasteiger partial charge in [-0.1, -0.05) is 17.7 Å². The third kappa shape index (κ3) is 1.81. The number of halogens is 1. The molecule has 0 radical (unpaired) electrons. The molecule has 1 saturated heterocycles. The summed E-state index contributed by atoms with van der Waals surface area (Å²) in [7, 11) is 0. The van der Waals surface area contributed by atoms with Gasteiger partial charge in [0.05, 0.1) is 16.6 Å². The SMILES string of the molecule is Clc1cccc2[nH]c(C3CSCCN3)nc12. The van der Waals surface area contributed by atoms with Crippen LogP contribution in [0.5, 0.6) is 0 Å². The Morgan fingerprint density at radius 2 is 2.38 bits per heavy atom. The summed E-state index contributed by atoms with van der Waals surface area (Å²) in [6.45, 7) is 1.04. The summed E-state index contributed by atoms with van der Waals surface area (Å²) in [5, 5.41) is 4.17. The Balaban J connectivity index is 2.01. The molecule has 0 aliphatic carbocycles. The third-order valence-corrected chi connectivity index (χ3v) is 4.10. The molecule has 0 saturated carbocycles. The lowest BCUT2D eigenvalue weighted by atomic mass is 10.3. The predicted molar refractivity (Wildman–Crippen MR) is 69.2 cm³/mol. The standard InChI is InChI=1S/C11H12ClN3S/c12-7-2-1-3-8-10(7)15-11(14-8)9-6-16-5-4-13-9/h1-3,9,13H,4-6H2,(H,14,15). The van der Waals surface area contributed by atoms with E-state index in [0.29, 0.717) is 11.1 Å². The Hall–Kier alpha value is -0.710. The van der Waals surface area contributed by atoms with Crippen molar-refractivity contribution < 1.29 is 0 Å². The molecule has 0 bridgehead atoms. The Bertz CT molecular complexity index is 505. The first-order chi connectivity index (χ1) is 7.84. The van der Waals surface area contributed by atoms with E-state index in [4.69, 9.17) is 11.6 Å². The number of H-pyrrole nitrogens is 1. The molecule has 1 aliphatic rings. The van der Waals surface area contributed by atoms with Crippen LogP contribution in [-0.4, -0.2) is 28.0 Å². The molecule has 0 spiro atoms. The fourth-order valence-corrected chi connectivity index (χ4v) is 3.08. The van der Waals surface area contributed by atoms with Crippen LogP contribution in [0.25, 0.3) is 11.0 Å². The molecule has 1 unspecified atom stereocenters. The second kappa shape index (κ2) is 4.28. The highest BCUT2D eigenvalue weighted by Crippen LogP contribution is 2.25. The van der Waals surface area contributed by atoms with Crippen LogP contribution in [0.1, 0.15) is 11.9 Å². The monoisotopic (exact) mass is 253 g/mol. The molecule has 3 rings (SSSR count). The number of nitrogens with one attached hydrogen (secondary N) is 2. The molecular weight excluding hydrogens is 242 g/mol. The number of fused-ring (bicyclic) bond motifs is 1. The number of aromatic nitrogens is 2. The van der Waals surface area contributed by atoms with Crippen LogP contribution < -0.4 is 5.32 Å². The second-order valence-corrected chi connectivity index (χ2v) is 5.40. The smallest absolute Gasteiger partial charge is 0.125 e. The van der Waals surface area contributed by atoms with Gasteiger partial charge >= 0.3 is 0 Å². The van der Waals surface area contributed by atoms with Gasteiger partial charge in [-0.15, -0.1) is 0 Å². The lowest BCUT2D eigenvalue weighted by Gasteiger charge is -2.20. The van der Waals surface area contributed by atoms with Crippen molar-refractivity contribution in [1.82, 2.24) is 15.3 Å². The summed E-state index contributed by atoms with van der Waals surface area (Å²) in [4.78, 5) is 7.91. The maximum atomic E-state index is 6.10. The predicted octanol–water partition coefficient (Wildman–Crippen LogP) is 2.59. The van der Waals surface area contributed by atoms with E-state index in [-0.39, 0.29) is 0 Å². The van der Waals surface area contributed by atoms with E-state index < -0.39 is 0 Å². The topological polar surface area (TPSA) is 40.7 Å². The van der Waals surface area contributed by atoms with Crippen LogP contribution in [0.4, 0.5) is 0 Å². The Labute approximate surface area is 103 Å². The summed E-state index contributed by atoms with van der Waals surface area (Å²) < 4.78 is 0. The summed E-state index contributed by atoms with van der Waals surface area (Å²) >= 11 is 8.06. The number of thioether (sulfide) groups is 1. The van der Waals surface area contributed by atoms with Gasteiger partial charge in [0.1, 0.15) is 11.3 Å². The van der Waals surface area contributed by atoms with E-state index >= 15 is 0 Å². The van der Waals surface area contributed by atoms with Crippen molar-refractivity contribution >= 4 is 34.4 Å². The van der Waals surface area contributed by atoms with Gasteiger partial charge in [-0.2, -0.15) is 11.8 Å². The van der Waals surface area contributed by atoms with Gasteiger partial charge in [0.15, 0.2) is 0 Å². The van der Waals surface area contributed by atoms with Gasteiger partial charge in [0.2, 0.25) is 0 Å². The van der Waals surface area contributed by atoms with E-state index in [1.54, 1.807) is 0 Å². The first-order valence-corrected chi connectivity index (χ1v) is 6.83. The zero-order valence-electron chi connectivity index (χ0n) is 8.66. The van der Waals surface area contributed by atoms with E-state index in [1.807, 2.05) is 30.0 Å². The van der Waals surface area contributed by atoms with Crippen LogP contribution in [0.2, 0.25) is 5.02 Å². The van der Waals surface area contributed by atoms with E-state index in [2.05, 4.69) is 15.3 Å². The van der Waals surface area contributed by atoms with Gasteiger partial charge < -0.3 is 10.3 Å². The van der Waals surface area contributed by atoms with Gasteiger partial charge in [-0.3, -0.25) is 0 Å². The molecule has 2 heterocycles. The first-order valence-electron chi connectivity index (χ1n) is 5.30. The number of aromatic amines is 1. The summed E-state index contributed by atoms with van der Waals surface area (Å²) in [5.41, 5.74) is 1.89. The number of nitrogens with zero attached hydrogens (tertiary/aromatic N) is 1. The molecule has 2 N–H and O–H groups in total. The first kappa shape index (κ1) is 10.4. The Morgan fingerprint density at radius 3 is 3.12 bits per heavy atom. The van der Waals surface area contributed by atoms with Gasteiger partial charge in [0, 0.05) is 18.1 Å². The van der Waals surface area contributed by atoms with Crippen molar-refractivity contribution in [1.29, 1.82) is 0 Å². The minimum Gasteiger partial charge on any atom is -0.341 e. The average Bonchev–Trinajstić information content (AvgIpc) is 2.76. The van der Waals surface area contributed by atoms with Crippen molar-refractivity contribution in [3.8, 4) is 0 Å². The van der Waals surface area contributed by atoms with E-state index in [9.17, 15) is 0 Å². The third-order valence-electron chi connectivity index (χ3n) is 2.73. The van der Waals surface area contributed by atoms with Crippen LogP contribution in [0.3, 0.4) is 0 Å². The number of hydrogen-bond donors (Lipinski definition) is 2. The molecular formula is C11H12ClN3S. The highest BCUT2D eigenvalue weighted by molar-refractivity contribution is 7.99. The summed E-state index contributed by atoms with van der Waals surface area (Å²) in [6, 6.07) is 6.14. The quantitative estimate of drug-likeness (QED) is 0.821. The van der Waals surface area contributed by atoms with Gasteiger partial charge in [-0.25, -0.2) is 4.98 Å². The van der Waals surface area contributed by atoms with Gasteiger partial charge in [0.25, 0.3) is 0 Å². The van der Waals surface area contributed by atoms with Crippen LogP contribution in [0.15, 0.2) is 18.2 Å². The fourth-order valence-electron chi connectivity index (χ4n) is 1.92. The Morgan fingerprint density at radius 1 is 1.44 bits per heavy atom. The number of para-hydroxylation sites is 1. The summed E-state index contributed by atoms with van der Waals surface area (Å²) in [5.74, 6) is 3.24. The minimum atomic E-state index is 0.321. The number of imidazole rings is 1. The van der Waals surface area contributed by atoms with E-state index in [1.165, 1.54) is 5.75 Å². The molecule has 1 aromatic carbocycles. The molecule has 16 heavy (non-hydrogen) atoms. The molecule has 1 aromatic heterocycles. The van der Waals surface area contributed by atoms with Crippen molar-refractivity contribution in [3.05, 3.63) is 29.0 Å². The van der Waals surface area contributed by atoms with Crippen LogP contribution in [0, 0.1) is 0 Å². The zero-order chi connectivity index (χ0) is 11.0. The van der Waals surface area contributed by atoms with Crippen molar-refractivity contribution in [2.75, 3.05) is 18.1 Å². The number of rotatable bonds is 1.